The quantitative estimate of drug-likeness (QED) is 0.198. The fraction of sp³-hybridized carbons (Fsp3) is 0.765. The van der Waals surface area contributed by atoms with Gasteiger partial charge in [0, 0.05) is 18.5 Å². The highest BCUT2D eigenvalue weighted by Crippen LogP contribution is 2.29. The Labute approximate surface area is 179 Å². The third kappa shape index (κ3) is 6.04. The molecule has 1 heterocycles. The molecular formula is C17H28N4O9S. The summed E-state index contributed by atoms with van der Waals surface area (Å²) in [7, 11) is -5.46. The maximum absolute atomic E-state index is 12.6. The Balaban J connectivity index is 2.30. The van der Waals surface area contributed by atoms with Gasteiger partial charge in [-0.2, -0.15) is 8.42 Å². The monoisotopic (exact) mass is 464 g/mol. The van der Waals surface area contributed by atoms with Crippen molar-refractivity contribution >= 4 is 33.9 Å². The normalized spacial score (nSPS) is 22.5. The predicted molar refractivity (Wildman–Crippen MR) is 105 cm³/mol. The zero-order valence-corrected chi connectivity index (χ0v) is 18.0. The number of hydrogen-bond donors (Lipinski definition) is 6. The number of carbonyl (C=O) groups excluding carboxylic acids is 4. The van der Waals surface area contributed by atoms with Crippen LogP contribution in [0.15, 0.2) is 0 Å². The van der Waals surface area contributed by atoms with Crippen LogP contribution >= 0.6 is 0 Å². The average Bonchev–Trinajstić information content (AvgIpc) is 3.39. The summed E-state index contributed by atoms with van der Waals surface area (Å²) in [6.45, 7) is 3.16. The first-order valence-electron chi connectivity index (χ1n) is 9.91. The molecule has 2 rings (SSSR count). The first-order valence-corrected chi connectivity index (χ1v) is 11.4. The number of rotatable bonds is 10. The molecule has 0 bridgehead atoms. The summed E-state index contributed by atoms with van der Waals surface area (Å²) in [6, 6.07) is -3.48. The third-order valence-electron chi connectivity index (χ3n) is 5.11. The van der Waals surface area contributed by atoms with E-state index in [1.54, 1.807) is 6.92 Å². The van der Waals surface area contributed by atoms with Crippen LogP contribution in [0.4, 0.5) is 4.79 Å². The molecule has 176 valence electrons. The second-order valence-electron chi connectivity index (χ2n) is 7.58. The van der Waals surface area contributed by atoms with E-state index in [0.717, 1.165) is 0 Å². The molecule has 31 heavy (non-hydrogen) atoms. The Kier molecular flexibility index (Phi) is 7.83. The Morgan fingerprint density at radius 3 is 2.39 bits per heavy atom. The largest absolute Gasteiger partial charge is 0.450 e. The van der Waals surface area contributed by atoms with Crippen molar-refractivity contribution in [1.29, 1.82) is 0 Å². The second-order valence-corrected chi connectivity index (χ2v) is 9.15. The number of ether oxygens (including phenoxy) is 1. The van der Waals surface area contributed by atoms with Gasteiger partial charge in [-0.25, -0.2) is 4.79 Å². The Morgan fingerprint density at radius 2 is 1.90 bits per heavy atom. The van der Waals surface area contributed by atoms with Crippen molar-refractivity contribution in [2.45, 2.75) is 62.6 Å². The van der Waals surface area contributed by atoms with Gasteiger partial charge in [0.2, 0.25) is 11.8 Å². The molecule has 1 aliphatic carbocycles. The van der Waals surface area contributed by atoms with Gasteiger partial charge < -0.3 is 31.1 Å². The smallest absolute Gasteiger partial charge is 0.407 e. The van der Waals surface area contributed by atoms with Crippen LogP contribution in [-0.2, 0) is 29.2 Å². The lowest BCUT2D eigenvalue weighted by Crippen LogP contribution is -2.66. The molecule has 13 nitrogen and oxygen atoms in total. The molecule has 0 aromatic rings. The van der Waals surface area contributed by atoms with Gasteiger partial charge in [-0.1, -0.05) is 0 Å². The van der Waals surface area contributed by atoms with Crippen LogP contribution in [-0.4, -0.2) is 78.1 Å². The Morgan fingerprint density at radius 1 is 1.26 bits per heavy atom. The van der Waals surface area contributed by atoms with E-state index in [-0.39, 0.29) is 19.1 Å². The summed E-state index contributed by atoms with van der Waals surface area (Å²) < 4.78 is 38.6. The average molecular weight is 464 g/mol. The SMILES string of the molecule is CCOC(=O)N[C@@H](C)C(=O)N[C@@H](CC1CCNC1=O)C(O)(C(=O)NC1CC1)S(=O)(=O)O. The number of carbonyl (C=O) groups is 4. The minimum absolute atomic E-state index is 0.0451. The second kappa shape index (κ2) is 9.78. The fourth-order valence-electron chi connectivity index (χ4n) is 3.15. The van der Waals surface area contributed by atoms with Gasteiger partial charge in [-0.15, -0.1) is 0 Å². The maximum Gasteiger partial charge on any atom is 0.407 e. The van der Waals surface area contributed by atoms with E-state index < -0.39 is 63.3 Å². The van der Waals surface area contributed by atoms with Crippen LogP contribution < -0.4 is 21.3 Å². The first-order chi connectivity index (χ1) is 14.4. The van der Waals surface area contributed by atoms with Crippen LogP contribution in [0.1, 0.15) is 39.5 Å². The number of nitrogens with one attached hydrogen (secondary N) is 4. The van der Waals surface area contributed by atoms with E-state index in [9.17, 15) is 37.3 Å². The molecule has 2 unspecified atom stereocenters. The predicted octanol–water partition coefficient (Wildman–Crippen LogP) is -2.01. The molecule has 0 aromatic heterocycles. The molecule has 0 spiro atoms. The summed E-state index contributed by atoms with van der Waals surface area (Å²) >= 11 is 0. The molecule has 2 fully saturated rings. The van der Waals surface area contributed by atoms with Crippen LogP contribution in [0, 0.1) is 5.92 Å². The van der Waals surface area contributed by atoms with Gasteiger partial charge in [0.25, 0.3) is 10.8 Å². The molecule has 6 N–H and O–H groups in total. The highest BCUT2D eigenvalue weighted by Gasteiger charge is 2.57. The summed E-state index contributed by atoms with van der Waals surface area (Å²) in [5.74, 6) is -3.64. The minimum Gasteiger partial charge on any atom is -0.450 e. The highest BCUT2D eigenvalue weighted by molar-refractivity contribution is 7.88. The zero-order chi connectivity index (χ0) is 23.4. The van der Waals surface area contributed by atoms with Crippen molar-refractivity contribution in [2.75, 3.05) is 13.2 Å². The highest BCUT2D eigenvalue weighted by atomic mass is 32.2. The molecule has 0 radical (unpaired) electrons. The summed E-state index contributed by atoms with van der Waals surface area (Å²) in [6.07, 6.45) is 0.0469. The maximum atomic E-state index is 12.6. The zero-order valence-electron chi connectivity index (χ0n) is 17.2. The van der Waals surface area contributed by atoms with Gasteiger partial charge in [0.1, 0.15) is 6.04 Å². The standard InChI is InChI=1S/C17H28N4O9S/c1-3-30-16(25)19-9(2)13(22)21-12(8-10-6-7-18-14(10)23)17(26,31(27,28)29)15(24)20-11-4-5-11/h9-12,26H,3-8H2,1-2H3,(H,18,23)(H,19,25)(H,20,24)(H,21,22)(H,27,28,29)/t9-,10?,12-,17?/m0/s1. The van der Waals surface area contributed by atoms with Gasteiger partial charge >= 0.3 is 16.2 Å². The van der Waals surface area contributed by atoms with Crippen molar-refractivity contribution in [3.05, 3.63) is 0 Å². The molecule has 4 atom stereocenters. The number of alkyl carbamates (subject to hydrolysis) is 1. The van der Waals surface area contributed by atoms with E-state index in [1.165, 1.54) is 6.92 Å². The number of amides is 4. The molecule has 1 saturated carbocycles. The van der Waals surface area contributed by atoms with Crippen molar-refractivity contribution in [1.82, 2.24) is 21.3 Å². The van der Waals surface area contributed by atoms with Crippen LogP contribution in [0.3, 0.4) is 0 Å². The van der Waals surface area contributed by atoms with E-state index in [0.29, 0.717) is 19.4 Å². The first kappa shape index (κ1) is 24.8. The van der Waals surface area contributed by atoms with E-state index in [4.69, 9.17) is 0 Å². The fourth-order valence-corrected chi connectivity index (χ4v) is 3.96. The lowest BCUT2D eigenvalue weighted by atomic mass is 9.93. The Hall–Kier alpha value is -2.45. The van der Waals surface area contributed by atoms with Crippen molar-refractivity contribution in [3.63, 3.8) is 0 Å². The number of hydrogen-bond acceptors (Lipinski definition) is 8. The third-order valence-corrected chi connectivity index (χ3v) is 6.36. The van der Waals surface area contributed by atoms with Gasteiger partial charge in [0.15, 0.2) is 0 Å². The van der Waals surface area contributed by atoms with E-state index >= 15 is 0 Å². The van der Waals surface area contributed by atoms with Gasteiger partial charge in [-0.05, 0) is 39.5 Å². The van der Waals surface area contributed by atoms with E-state index in [1.807, 2.05) is 0 Å². The minimum atomic E-state index is -5.46. The Bertz CT molecular complexity index is 829. The molecule has 1 aliphatic heterocycles. The lowest BCUT2D eigenvalue weighted by molar-refractivity contribution is -0.138. The summed E-state index contributed by atoms with van der Waals surface area (Å²) in [4.78, 5) is 45.3. The molecule has 4 amide bonds. The molecule has 1 saturated heterocycles. The van der Waals surface area contributed by atoms with Crippen molar-refractivity contribution < 1.29 is 42.0 Å². The molecular weight excluding hydrogens is 436 g/mol. The molecule has 0 aromatic carbocycles. The van der Waals surface area contributed by atoms with Crippen molar-refractivity contribution in [3.8, 4) is 0 Å². The van der Waals surface area contributed by atoms with Crippen LogP contribution in [0.5, 0.6) is 0 Å². The van der Waals surface area contributed by atoms with Gasteiger partial charge in [0.05, 0.1) is 12.6 Å². The van der Waals surface area contributed by atoms with Crippen LogP contribution in [0.25, 0.3) is 0 Å². The molecule has 14 heteroatoms. The molecule has 2 aliphatic rings. The summed E-state index contributed by atoms with van der Waals surface area (Å²) in [5.41, 5.74) is 0. The van der Waals surface area contributed by atoms with Crippen molar-refractivity contribution in [2.24, 2.45) is 5.92 Å². The van der Waals surface area contributed by atoms with Gasteiger partial charge in [-0.3, -0.25) is 18.9 Å². The lowest BCUT2D eigenvalue weighted by Gasteiger charge is -2.34. The summed E-state index contributed by atoms with van der Waals surface area (Å²) in [5, 5.41) is 20.1. The topological polar surface area (TPSA) is 200 Å². The van der Waals surface area contributed by atoms with E-state index in [2.05, 4.69) is 26.0 Å². The number of aliphatic hydroxyl groups is 1. The van der Waals surface area contributed by atoms with Crippen LogP contribution in [0.2, 0.25) is 0 Å².